The van der Waals surface area contributed by atoms with E-state index in [4.69, 9.17) is 9.05 Å². The Bertz CT molecular complexity index is 1170. The molecule has 1 fully saturated rings. The summed E-state index contributed by atoms with van der Waals surface area (Å²) >= 11 is 0. The number of aryl methyl sites for hydroxylation is 1. The molecule has 0 bridgehead atoms. The Morgan fingerprint density at radius 3 is 2.65 bits per heavy atom. The lowest BCUT2D eigenvalue weighted by Gasteiger charge is -2.29. The predicted octanol–water partition coefficient (Wildman–Crippen LogP) is 4.61. The number of benzene rings is 2. The summed E-state index contributed by atoms with van der Waals surface area (Å²) in [5.74, 6) is 1.96. The Hall–Kier alpha value is -3.39. The standard InChI is InChI=1S/C23H22FN5O2/c1-15-7-9-16(10-8-15)21-25-20(30-27-21)14-29-11-3-5-18(13-29)23-26-22(28-31-23)17-4-2-6-19(24)12-17/h2,4,6-10,12,18H,3,5,11,13-14H2,1H3. The van der Waals surface area contributed by atoms with Gasteiger partial charge in [0.15, 0.2) is 0 Å². The second-order valence-corrected chi connectivity index (χ2v) is 7.92. The van der Waals surface area contributed by atoms with Crippen LogP contribution < -0.4 is 0 Å². The molecule has 2 aromatic carbocycles. The maximum Gasteiger partial charge on any atom is 0.241 e. The zero-order valence-corrected chi connectivity index (χ0v) is 17.2. The quantitative estimate of drug-likeness (QED) is 0.467. The number of hydrogen-bond donors (Lipinski definition) is 0. The van der Waals surface area contributed by atoms with Gasteiger partial charge in [-0.25, -0.2) is 4.39 Å². The Morgan fingerprint density at radius 2 is 1.81 bits per heavy atom. The molecule has 0 amide bonds. The Morgan fingerprint density at radius 1 is 1.00 bits per heavy atom. The minimum atomic E-state index is -0.322. The number of piperidine rings is 1. The molecule has 0 saturated carbocycles. The number of rotatable bonds is 5. The maximum absolute atomic E-state index is 13.5. The molecule has 0 radical (unpaired) electrons. The molecule has 31 heavy (non-hydrogen) atoms. The summed E-state index contributed by atoms with van der Waals surface area (Å²) in [6, 6.07) is 14.3. The molecule has 5 rings (SSSR count). The van der Waals surface area contributed by atoms with Crippen molar-refractivity contribution in [3.63, 3.8) is 0 Å². The van der Waals surface area contributed by atoms with Crippen molar-refractivity contribution in [3.05, 3.63) is 71.7 Å². The third-order valence-electron chi connectivity index (χ3n) is 5.52. The van der Waals surface area contributed by atoms with Gasteiger partial charge in [0.2, 0.25) is 23.4 Å². The first-order chi connectivity index (χ1) is 15.1. The van der Waals surface area contributed by atoms with Crippen LogP contribution in [0.4, 0.5) is 4.39 Å². The number of aromatic nitrogens is 4. The lowest BCUT2D eigenvalue weighted by molar-refractivity contribution is 0.162. The third-order valence-corrected chi connectivity index (χ3v) is 5.52. The van der Waals surface area contributed by atoms with Gasteiger partial charge < -0.3 is 9.05 Å². The zero-order chi connectivity index (χ0) is 21.2. The van der Waals surface area contributed by atoms with Gasteiger partial charge in [0, 0.05) is 17.7 Å². The summed E-state index contributed by atoms with van der Waals surface area (Å²) in [7, 11) is 0. The largest absolute Gasteiger partial charge is 0.339 e. The van der Waals surface area contributed by atoms with Gasteiger partial charge in [0.1, 0.15) is 5.82 Å². The number of nitrogens with zero attached hydrogens (tertiary/aromatic N) is 5. The highest BCUT2D eigenvalue weighted by Gasteiger charge is 2.27. The molecule has 2 aromatic heterocycles. The predicted molar refractivity (Wildman–Crippen MR) is 111 cm³/mol. The van der Waals surface area contributed by atoms with Gasteiger partial charge in [-0.05, 0) is 38.4 Å². The fraction of sp³-hybridized carbons (Fsp3) is 0.304. The first kappa shape index (κ1) is 19.6. The topological polar surface area (TPSA) is 81.1 Å². The van der Waals surface area contributed by atoms with E-state index in [1.54, 1.807) is 12.1 Å². The van der Waals surface area contributed by atoms with Gasteiger partial charge in [0.05, 0.1) is 12.5 Å². The van der Waals surface area contributed by atoms with Crippen LogP contribution in [-0.4, -0.2) is 38.3 Å². The van der Waals surface area contributed by atoms with Crippen molar-refractivity contribution >= 4 is 0 Å². The number of halogens is 1. The molecule has 1 saturated heterocycles. The first-order valence-corrected chi connectivity index (χ1v) is 10.4. The molecule has 0 N–H and O–H groups in total. The lowest BCUT2D eigenvalue weighted by atomic mass is 9.98. The van der Waals surface area contributed by atoms with E-state index in [2.05, 4.69) is 25.2 Å². The van der Waals surface area contributed by atoms with E-state index in [1.807, 2.05) is 31.2 Å². The average Bonchev–Trinajstić information content (AvgIpc) is 3.45. The Balaban J connectivity index is 1.25. The van der Waals surface area contributed by atoms with Gasteiger partial charge in [0.25, 0.3) is 0 Å². The minimum absolute atomic E-state index is 0.114. The van der Waals surface area contributed by atoms with Gasteiger partial charge >= 0.3 is 0 Å². The second kappa shape index (κ2) is 8.39. The average molecular weight is 419 g/mol. The molecule has 1 aliphatic rings. The molecule has 8 heteroatoms. The van der Waals surface area contributed by atoms with Crippen molar-refractivity contribution in [2.75, 3.05) is 13.1 Å². The van der Waals surface area contributed by atoms with E-state index >= 15 is 0 Å². The summed E-state index contributed by atoms with van der Waals surface area (Å²) in [5.41, 5.74) is 2.73. The monoisotopic (exact) mass is 419 g/mol. The Labute approximate surface area is 178 Å². The van der Waals surface area contributed by atoms with E-state index in [1.165, 1.54) is 17.7 Å². The van der Waals surface area contributed by atoms with Crippen molar-refractivity contribution in [2.24, 2.45) is 0 Å². The van der Waals surface area contributed by atoms with Crippen molar-refractivity contribution in [3.8, 4) is 22.8 Å². The van der Waals surface area contributed by atoms with Crippen molar-refractivity contribution in [1.82, 2.24) is 25.2 Å². The Kier molecular flexibility index (Phi) is 5.30. The van der Waals surface area contributed by atoms with Crippen molar-refractivity contribution in [2.45, 2.75) is 32.2 Å². The van der Waals surface area contributed by atoms with Gasteiger partial charge in [-0.3, -0.25) is 4.90 Å². The van der Waals surface area contributed by atoms with Crippen molar-refractivity contribution in [1.29, 1.82) is 0 Å². The van der Waals surface area contributed by atoms with Gasteiger partial charge in [-0.2, -0.15) is 9.97 Å². The number of likely N-dealkylation sites (tertiary alicyclic amines) is 1. The van der Waals surface area contributed by atoms with Crippen LogP contribution in [0.25, 0.3) is 22.8 Å². The second-order valence-electron chi connectivity index (χ2n) is 7.92. The fourth-order valence-corrected chi connectivity index (χ4v) is 3.88. The first-order valence-electron chi connectivity index (χ1n) is 10.4. The van der Waals surface area contributed by atoms with Gasteiger partial charge in [-0.15, -0.1) is 0 Å². The van der Waals surface area contributed by atoms with E-state index in [0.717, 1.165) is 31.5 Å². The molecule has 7 nitrogen and oxygen atoms in total. The highest BCUT2D eigenvalue weighted by Crippen LogP contribution is 2.28. The van der Waals surface area contributed by atoms with Crippen LogP contribution in [0.3, 0.4) is 0 Å². The smallest absolute Gasteiger partial charge is 0.241 e. The molecule has 4 aromatic rings. The molecular formula is C23H22FN5O2. The van der Waals surface area contributed by atoms with E-state index in [-0.39, 0.29) is 11.7 Å². The van der Waals surface area contributed by atoms with Crippen LogP contribution in [-0.2, 0) is 6.54 Å². The van der Waals surface area contributed by atoms with Crippen LogP contribution in [0.1, 0.15) is 36.1 Å². The third kappa shape index (κ3) is 4.39. The molecule has 0 spiro atoms. The minimum Gasteiger partial charge on any atom is -0.339 e. The van der Waals surface area contributed by atoms with E-state index in [9.17, 15) is 4.39 Å². The molecule has 0 aliphatic carbocycles. The fourth-order valence-electron chi connectivity index (χ4n) is 3.88. The molecule has 1 unspecified atom stereocenters. The summed E-state index contributed by atoms with van der Waals surface area (Å²) < 4.78 is 24.5. The molecule has 3 heterocycles. The maximum atomic E-state index is 13.5. The van der Waals surface area contributed by atoms with Gasteiger partial charge in [-0.1, -0.05) is 52.3 Å². The summed E-state index contributed by atoms with van der Waals surface area (Å²) in [5, 5.41) is 8.16. The molecule has 1 atom stereocenters. The summed E-state index contributed by atoms with van der Waals surface area (Å²) in [6.07, 6.45) is 1.96. The van der Waals surface area contributed by atoms with Crippen LogP contribution in [0.2, 0.25) is 0 Å². The molecule has 1 aliphatic heterocycles. The molecule has 158 valence electrons. The van der Waals surface area contributed by atoms with E-state index in [0.29, 0.717) is 35.5 Å². The summed E-state index contributed by atoms with van der Waals surface area (Å²) in [4.78, 5) is 11.3. The van der Waals surface area contributed by atoms with Crippen molar-refractivity contribution < 1.29 is 13.4 Å². The normalized spacial score (nSPS) is 17.2. The van der Waals surface area contributed by atoms with E-state index < -0.39 is 0 Å². The van der Waals surface area contributed by atoms with Crippen LogP contribution in [0, 0.1) is 12.7 Å². The lowest BCUT2D eigenvalue weighted by Crippen LogP contribution is -2.34. The highest BCUT2D eigenvalue weighted by atomic mass is 19.1. The number of hydrogen-bond acceptors (Lipinski definition) is 7. The summed E-state index contributed by atoms with van der Waals surface area (Å²) in [6.45, 7) is 4.31. The highest BCUT2D eigenvalue weighted by molar-refractivity contribution is 5.55. The SMILES string of the molecule is Cc1ccc(-c2noc(CN3CCCC(c4nc(-c5cccc(F)c5)no4)C3)n2)cc1. The van der Waals surface area contributed by atoms with Crippen LogP contribution in [0.15, 0.2) is 57.6 Å². The zero-order valence-electron chi connectivity index (χ0n) is 17.2. The van der Waals surface area contributed by atoms with Crippen LogP contribution in [0.5, 0.6) is 0 Å². The van der Waals surface area contributed by atoms with Crippen LogP contribution >= 0.6 is 0 Å². The molecular weight excluding hydrogens is 397 g/mol.